The Morgan fingerprint density at radius 2 is 1.93 bits per heavy atom. The number of fused-ring (bicyclic) bond motifs is 1. The molecular formula is C24H31N2O2S+. The molecule has 0 saturated carbocycles. The zero-order valence-corrected chi connectivity index (χ0v) is 18.1. The summed E-state index contributed by atoms with van der Waals surface area (Å²) in [6, 6.07) is 11.9. The third-order valence-corrected chi connectivity index (χ3v) is 6.02. The van der Waals surface area contributed by atoms with Gasteiger partial charge in [-0.3, -0.25) is 4.79 Å². The van der Waals surface area contributed by atoms with E-state index in [0.717, 1.165) is 53.8 Å². The number of hydrogen-bond acceptors (Lipinski definition) is 3. The van der Waals surface area contributed by atoms with Gasteiger partial charge in [0.25, 0.3) is 0 Å². The molecule has 0 saturated heterocycles. The molecule has 0 aliphatic heterocycles. The van der Waals surface area contributed by atoms with E-state index in [1.165, 1.54) is 16.2 Å². The monoisotopic (exact) mass is 411 g/mol. The zero-order valence-electron chi connectivity index (χ0n) is 17.3. The van der Waals surface area contributed by atoms with Gasteiger partial charge in [-0.05, 0) is 42.5 Å². The first-order chi connectivity index (χ1) is 14.1. The van der Waals surface area contributed by atoms with Gasteiger partial charge in [-0.1, -0.05) is 38.1 Å². The van der Waals surface area contributed by atoms with Crippen molar-refractivity contribution >= 4 is 34.1 Å². The summed E-state index contributed by atoms with van der Waals surface area (Å²) in [6.07, 6.45) is 7.43. The number of benzene rings is 1. The Balaban J connectivity index is 1.77. The topological polar surface area (TPSA) is 46.7 Å². The largest absolute Gasteiger partial charge is 0.385 e. The summed E-state index contributed by atoms with van der Waals surface area (Å²) in [4.78, 5) is 14.5. The van der Waals surface area contributed by atoms with E-state index in [1.54, 1.807) is 6.08 Å². The van der Waals surface area contributed by atoms with E-state index in [4.69, 9.17) is 0 Å². The number of allylic oxidation sites excluding steroid dienone is 1. The summed E-state index contributed by atoms with van der Waals surface area (Å²) in [6.45, 7) is 7.89. The lowest BCUT2D eigenvalue weighted by atomic mass is 10.1. The maximum atomic E-state index is 12.3. The molecule has 0 radical (unpaired) electrons. The van der Waals surface area contributed by atoms with E-state index < -0.39 is 6.10 Å². The lowest BCUT2D eigenvalue weighted by molar-refractivity contribution is -0.903. The van der Waals surface area contributed by atoms with E-state index in [9.17, 15) is 9.90 Å². The first-order valence-electron chi connectivity index (χ1n) is 10.5. The Hall–Kier alpha value is -2.21. The summed E-state index contributed by atoms with van der Waals surface area (Å²) in [7, 11) is 0. The van der Waals surface area contributed by atoms with Crippen LogP contribution in [0.3, 0.4) is 0 Å². The summed E-state index contributed by atoms with van der Waals surface area (Å²) >= 11 is 1.46. The highest BCUT2D eigenvalue weighted by molar-refractivity contribution is 7.12. The fourth-order valence-electron chi connectivity index (χ4n) is 3.89. The Kier molecular flexibility index (Phi) is 7.81. The maximum absolute atomic E-state index is 12.3. The second kappa shape index (κ2) is 10.5. The maximum Gasteiger partial charge on any atom is 0.195 e. The smallest absolute Gasteiger partial charge is 0.195 e. The standard InChI is InChI=1S/C24H30N2O2S/c1-3-13-25(14-4-2)17-20(27)18-26-16-19(21-8-5-6-9-22(21)26)11-12-23(28)24-10-7-15-29-24/h5-12,15-16,20,27H,3-4,13-14,17-18H2,1-2H3/p+1/b12-11+/t20-/m1/s1. The van der Waals surface area contributed by atoms with Crippen molar-refractivity contribution in [2.24, 2.45) is 0 Å². The molecule has 0 aliphatic carbocycles. The molecule has 5 heteroatoms. The zero-order chi connectivity index (χ0) is 20.6. The Morgan fingerprint density at radius 1 is 1.17 bits per heavy atom. The van der Waals surface area contributed by atoms with Gasteiger partial charge >= 0.3 is 0 Å². The molecule has 29 heavy (non-hydrogen) atoms. The fraction of sp³-hybridized carbons (Fsp3) is 0.375. The number of nitrogens with zero attached hydrogens (tertiary/aromatic N) is 1. The Labute approximate surface area is 177 Å². The van der Waals surface area contributed by atoms with Crippen LogP contribution < -0.4 is 4.90 Å². The minimum absolute atomic E-state index is 0.0234. The fourth-order valence-corrected chi connectivity index (χ4v) is 4.53. The van der Waals surface area contributed by atoms with E-state index in [2.05, 4.69) is 30.5 Å². The normalized spacial score (nSPS) is 13.0. The lowest BCUT2D eigenvalue weighted by Gasteiger charge is -2.22. The van der Waals surface area contributed by atoms with Gasteiger partial charge in [-0.2, -0.15) is 0 Å². The van der Waals surface area contributed by atoms with Crippen LogP contribution in [-0.2, 0) is 6.54 Å². The number of rotatable bonds is 11. The minimum Gasteiger partial charge on any atom is -0.385 e. The summed E-state index contributed by atoms with van der Waals surface area (Å²) in [5.74, 6) is 0.0234. The van der Waals surface area contributed by atoms with Gasteiger partial charge in [-0.15, -0.1) is 11.3 Å². The SMILES string of the molecule is CCC[NH+](CCC)C[C@@H](O)Cn1cc(/C=C/C(=O)c2cccs2)c2ccccc21. The predicted molar refractivity (Wildman–Crippen MR) is 122 cm³/mol. The van der Waals surface area contributed by atoms with Crippen molar-refractivity contribution in [2.75, 3.05) is 19.6 Å². The van der Waals surface area contributed by atoms with Gasteiger partial charge in [0.1, 0.15) is 12.6 Å². The van der Waals surface area contributed by atoms with Crippen molar-refractivity contribution in [3.63, 3.8) is 0 Å². The summed E-state index contributed by atoms with van der Waals surface area (Å²) < 4.78 is 2.12. The van der Waals surface area contributed by atoms with Crippen molar-refractivity contribution < 1.29 is 14.8 Å². The number of carbonyl (C=O) groups is 1. The number of hydrogen-bond donors (Lipinski definition) is 2. The molecule has 3 rings (SSSR count). The van der Waals surface area contributed by atoms with Crippen LogP contribution in [0.4, 0.5) is 0 Å². The quantitative estimate of drug-likeness (QED) is 0.374. The summed E-state index contributed by atoms with van der Waals surface area (Å²) in [5.41, 5.74) is 2.09. The van der Waals surface area contributed by atoms with E-state index >= 15 is 0 Å². The van der Waals surface area contributed by atoms with Crippen LogP contribution in [0.5, 0.6) is 0 Å². The number of aliphatic hydroxyl groups excluding tert-OH is 1. The van der Waals surface area contributed by atoms with Gasteiger partial charge in [0.15, 0.2) is 5.78 Å². The molecule has 3 aromatic rings. The second-order valence-corrected chi connectivity index (χ2v) is 8.48. The lowest BCUT2D eigenvalue weighted by Crippen LogP contribution is -3.13. The first-order valence-corrected chi connectivity index (χ1v) is 11.4. The number of para-hydroxylation sites is 1. The molecule has 0 unspecified atom stereocenters. The number of nitrogens with one attached hydrogen (secondary N) is 1. The average Bonchev–Trinajstić information content (AvgIpc) is 3.36. The minimum atomic E-state index is -0.400. The van der Waals surface area contributed by atoms with Crippen LogP contribution in [0.1, 0.15) is 41.9 Å². The molecule has 0 fully saturated rings. The third-order valence-electron chi connectivity index (χ3n) is 5.14. The molecule has 2 aromatic heterocycles. The van der Waals surface area contributed by atoms with Gasteiger partial charge < -0.3 is 14.6 Å². The molecule has 2 N–H and O–H groups in total. The number of ketones is 1. The van der Waals surface area contributed by atoms with Gasteiger partial charge in [0, 0.05) is 22.7 Å². The highest BCUT2D eigenvalue weighted by atomic mass is 32.1. The first kappa shape index (κ1) is 21.5. The third kappa shape index (κ3) is 5.66. The Morgan fingerprint density at radius 3 is 2.62 bits per heavy atom. The van der Waals surface area contributed by atoms with Crippen molar-refractivity contribution in [1.29, 1.82) is 0 Å². The van der Waals surface area contributed by atoms with Gasteiger partial charge in [0.2, 0.25) is 0 Å². The number of carbonyl (C=O) groups excluding carboxylic acids is 1. The summed E-state index contributed by atoms with van der Waals surface area (Å²) in [5, 5.41) is 13.7. The molecule has 0 bridgehead atoms. The van der Waals surface area contributed by atoms with Gasteiger partial charge in [-0.25, -0.2) is 0 Å². The van der Waals surface area contributed by atoms with Crippen molar-refractivity contribution in [1.82, 2.24) is 4.57 Å². The van der Waals surface area contributed by atoms with Crippen LogP contribution >= 0.6 is 11.3 Å². The van der Waals surface area contributed by atoms with E-state index in [-0.39, 0.29) is 5.78 Å². The molecule has 0 aliphatic rings. The highest BCUT2D eigenvalue weighted by Crippen LogP contribution is 2.23. The highest BCUT2D eigenvalue weighted by Gasteiger charge is 2.16. The average molecular weight is 412 g/mol. The van der Waals surface area contributed by atoms with Crippen molar-refractivity contribution in [2.45, 2.75) is 39.3 Å². The van der Waals surface area contributed by atoms with Crippen LogP contribution in [0.25, 0.3) is 17.0 Å². The van der Waals surface area contributed by atoms with Crippen LogP contribution in [0, 0.1) is 0 Å². The molecule has 1 atom stereocenters. The van der Waals surface area contributed by atoms with Crippen LogP contribution in [0.15, 0.2) is 54.1 Å². The predicted octanol–water partition coefficient (Wildman–Crippen LogP) is 3.66. The van der Waals surface area contributed by atoms with E-state index in [0.29, 0.717) is 6.54 Å². The number of quaternary nitrogens is 1. The number of aliphatic hydroxyl groups is 1. The van der Waals surface area contributed by atoms with Crippen LogP contribution in [-0.4, -0.2) is 41.2 Å². The molecular weight excluding hydrogens is 380 g/mol. The molecule has 2 heterocycles. The van der Waals surface area contributed by atoms with Crippen LogP contribution in [0.2, 0.25) is 0 Å². The van der Waals surface area contributed by atoms with Crippen molar-refractivity contribution in [3.05, 3.63) is 64.5 Å². The molecule has 0 spiro atoms. The van der Waals surface area contributed by atoms with Gasteiger partial charge in [0.05, 0.1) is 24.5 Å². The molecule has 1 aromatic carbocycles. The number of aromatic nitrogens is 1. The molecule has 154 valence electrons. The molecule has 4 nitrogen and oxygen atoms in total. The second-order valence-electron chi connectivity index (χ2n) is 7.54. The van der Waals surface area contributed by atoms with Crippen molar-refractivity contribution in [3.8, 4) is 0 Å². The van der Waals surface area contributed by atoms with E-state index in [1.807, 2.05) is 41.9 Å². The number of thiophene rings is 1. The molecule has 0 amide bonds. The Bertz CT molecular complexity index is 937.